The molecule has 2 heterocycles. The number of benzene rings is 1. The average Bonchev–Trinajstić information content (AvgIpc) is 3.37. The molecule has 0 unspecified atom stereocenters. The van der Waals surface area contributed by atoms with Crippen LogP contribution in [0.2, 0.25) is 0 Å². The largest absolute Gasteiger partial charge is 0.451 e. The summed E-state index contributed by atoms with van der Waals surface area (Å²) >= 11 is 1.49. The van der Waals surface area contributed by atoms with Crippen molar-refractivity contribution in [3.05, 3.63) is 70.2 Å². The number of urea groups is 1. The van der Waals surface area contributed by atoms with Crippen LogP contribution in [0.1, 0.15) is 20.9 Å². The Morgan fingerprint density at radius 3 is 2.68 bits per heavy atom. The topological polar surface area (TPSA) is 115 Å². The number of hydrogen-bond acceptors (Lipinski definition) is 7. The first kappa shape index (κ1) is 19.2. The van der Waals surface area contributed by atoms with Crippen LogP contribution in [0.25, 0.3) is 0 Å². The van der Waals surface area contributed by atoms with Crippen LogP contribution in [0.4, 0.5) is 4.79 Å². The van der Waals surface area contributed by atoms with Gasteiger partial charge in [-0.2, -0.15) is 0 Å². The fraction of sp³-hybridized carbons (Fsp3) is 0.167. The van der Waals surface area contributed by atoms with E-state index in [4.69, 9.17) is 4.74 Å². The fourth-order valence-corrected chi connectivity index (χ4v) is 2.88. The van der Waals surface area contributed by atoms with Crippen LogP contribution >= 0.6 is 11.3 Å². The van der Waals surface area contributed by atoms with Crippen molar-refractivity contribution in [2.75, 3.05) is 6.61 Å². The van der Waals surface area contributed by atoms with Gasteiger partial charge in [0.15, 0.2) is 12.3 Å². The van der Waals surface area contributed by atoms with E-state index in [0.29, 0.717) is 13.1 Å². The first-order chi connectivity index (χ1) is 13.6. The van der Waals surface area contributed by atoms with Crippen LogP contribution in [-0.4, -0.2) is 39.5 Å². The van der Waals surface area contributed by atoms with Crippen molar-refractivity contribution in [3.8, 4) is 0 Å². The summed E-state index contributed by atoms with van der Waals surface area (Å²) in [6.45, 7) is 0.157. The predicted octanol–water partition coefficient (Wildman–Crippen LogP) is 1.57. The lowest BCUT2D eigenvalue weighted by Gasteiger charge is -2.06. The molecule has 0 bridgehead atoms. The van der Waals surface area contributed by atoms with Gasteiger partial charge in [0.25, 0.3) is 5.91 Å². The van der Waals surface area contributed by atoms with Gasteiger partial charge in [-0.05, 0) is 17.0 Å². The summed E-state index contributed by atoms with van der Waals surface area (Å²) in [7, 11) is 0. The van der Waals surface area contributed by atoms with Crippen molar-refractivity contribution >= 4 is 29.2 Å². The summed E-state index contributed by atoms with van der Waals surface area (Å²) in [6.07, 6.45) is 1.43. The van der Waals surface area contributed by atoms with E-state index in [1.807, 2.05) is 47.8 Å². The normalized spacial score (nSPS) is 10.3. The number of aromatic nitrogens is 3. The molecule has 3 rings (SSSR count). The highest BCUT2D eigenvalue weighted by molar-refractivity contribution is 7.09. The van der Waals surface area contributed by atoms with Crippen molar-refractivity contribution in [2.45, 2.75) is 13.1 Å². The molecule has 0 radical (unpaired) electrons. The number of thiophene rings is 1. The zero-order valence-electron chi connectivity index (χ0n) is 14.7. The van der Waals surface area contributed by atoms with Crippen molar-refractivity contribution < 1.29 is 19.1 Å². The Hall–Kier alpha value is -3.53. The number of carbonyl (C=O) groups is 3. The third-order valence-electron chi connectivity index (χ3n) is 3.53. The second-order valence-corrected chi connectivity index (χ2v) is 6.71. The number of nitrogens with zero attached hydrogens (tertiary/aromatic N) is 3. The van der Waals surface area contributed by atoms with Gasteiger partial charge >= 0.3 is 12.0 Å². The third-order valence-corrected chi connectivity index (χ3v) is 4.40. The number of amides is 3. The van der Waals surface area contributed by atoms with E-state index < -0.39 is 24.5 Å². The molecule has 144 valence electrons. The van der Waals surface area contributed by atoms with E-state index in [2.05, 4.69) is 20.9 Å². The van der Waals surface area contributed by atoms with Gasteiger partial charge in [0.2, 0.25) is 0 Å². The van der Waals surface area contributed by atoms with Gasteiger partial charge in [-0.25, -0.2) is 14.3 Å². The number of rotatable bonds is 7. The van der Waals surface area contributed by atoms with Crippen LogP contribution in [-0.2, 0) is 22.6 Å². The van der Waals surface area contributed by atoms with Gasteiger partial charge < -0.3 is 10.1 Å². The minimum atomic E-state index is -0.798. The number of nitrogens with one attached hydrogen (secondary N) is 2. The lowest BCUT2D eigenvalue weighted by molar-refractivity contribution is -0.123. The van der Waals surface area contributed by atoms with E-state index in [0.717, 1.165) is 10.4 Å². The summed E-state index contributed by atoms with van der Waals surface area (Å²) in [4.78, 5) is 36.3. The van der Waals surface area contributed by atoms with Gasteiger partial charge in [0, 0.05) is 4.88 Å². The van der Waals surface area contributed by atoms with Crippen LogP contribution in [0.15, 0.2) is 54.0 Å². The molecule has 0 spiro atoms. The number of imide groups is 1. The van der Waals surface area contributed by atoms with Crippen LogP contribution in [0.5, 0.6) is 0 Å². The lowest BCUT2D eigenvalue weighted by Crippen LogP contribution is -2.41. The Morgan fingerprint density at radius 1 is 1.11 bits per heavy atom. The molecule has 0 aliphatic heterocycles. The maximum absolute atomic E-state index is 12.0. The monoisotopic (exact) mass is 399 g/mol. The van der Waals surface area contributed by atoms with Crippen molar-refractivity contribution in [1.29, 1.82) is 0 Å². The smallest absolute Gasteiger partial charge is 0.361 e. The summed E-state index contributed by atoms with van der Waals surface area (Å²) in [5.41, 5.74) is 0.978. The van der Waals surface area contributed by atoms with Gasteiger partial charge in [0.05, 0.1) is 19.3 Å². The zero-order valence-corrected chi connectivity index (χ0v) is 15.5. The SMILES string of the molecule is O=C(COC(=O)c1cn(Cc2ccccc2)nn1)NC(=O)NCc1cccs1. The molecule has 0 aliphatic carbocycles. The number of esters is 1. The summed E-state index contributed by atoms with van der Waals surface area (Å²) in [6, 6.07) is 12.6. The van der Waals surface area contributed by atoms with Crippen LogP contribution in [0.3, 0.4) is 0 Å². The highest BCUT2D eigenvalue weighted by atomic mass is 32.1. The van der Waals surface area contributed by atoms with Gasteiger partial charge in [0.1, 0.15) is 0 Å². The minimum absolute atomic E-state index is 0.0223. The number of hydrogen-bond donors (Lipinski definition) is 2. The highest BCUT2D eigenvalue weighted by Crippen LogP contribution is 2.07. The predicted molar refractivity (Wildman–Crippen MR) is 101 cm³/mol. The Morgan fingerprint density at radius 2 is 1.93 bits per heavy atom. The molecular weight excluding hydrogens is 382 g/mol. The molecule has 0 atom stereocenters. The van der Waals surface area contributed by atoms with Gasteiger partial charge in [-0.1, -0.05) is 41.6 Å². The van der Waals surface area contributed by atoms with Crippen molar-refractivity contribution in [2.24, 2.45) is 0 Å². The Labute approximate surface area is 164 Å². The molecule has 1 aromatic carbocycles. The summed E-state index contributed by atoms with van der Waals surface area (Å²) in [5.74, 6) is -1.54. The molecular formula is C18H17N5O4S. The van der Waals surface area contributed by atoms with Gasteiger partial charge in [-0.15, -0.1) is 16.4 Å². The molecule has 0 aliphatic rings. The maximum Gasteiger partial charge on any atom is 0.361 e. The summed E-state index contributed by atoms with van der Waals surface area (Å²) in [5, 5.41) is 14.1. The quantitative estimate of drug-likeness (QED) is 0.583. The van der Waals surface area contributed by atoms with E-state index >= 15 is 0 Å². The van der Waals surface area contributed by atoms with Gasteiger partial charge in [-0.3, -0.25) is 10.1 Å². The third kappa shape index (κ3) is 5.74. The Balaban J connectivity index is 1.41. The lowest BCUT2D eigenvalue weighted by atomic mass is 10.2. The molecule has 2 N–H and O–H groups in total. The van der Waals surface area contributed by atoms with E-state index in [9.17, 15) is 14.4 Å². The Kier molecular flexibility index (Phi) is 6.47. The highest BCUT2D eigenvalue weighted by Gasteiger charge is 2.15. The maximum atomic E-state index is 12.0. The molecule has 2 aromatic heterocycles. The minimum Gasteiger partial charge on any atom is -0.451 e. The average molecular weight is 399 g/mol. The van der Waals surface area contributed by atoms with Crippen LogP contribution < -0.4 is 10.6 Å². The molecule has 0 saturated carbocycles. The molecule has 0 saturated heterocycles. The molecule has 3 amide bonds. The standard InChI is InChI=1S/C18H17N5O4S/c24-16(20-18(26)19-9-14-7-4-8-28-14)12-27-17(25)15-11-23(22-21-15)10-13-5-2-1-3-6-13/h1-8,11H,9-10,12H2,(H2,19,20,24,26). The first-order valence-electron chi connectivity index (χ1n) is 8.31. The summed E-state index contributed by atoms with van der Waals surface area (Å²) < 4.78 is 6.35. The van der Waals surface area contributed by atoms with E-state index in [1.165, 1.54) is 22.2 Å². The van der Waals surface area contributed by atoms with Crippen molar-refractivity contribution in [1.82, 2.24) is 25.6 Å². The second kappa shape index (κ2) is 9.42. The Bertz CT molecular complexity index is 940. The molecule has 10 heteroatoms. The molecule has 9 nitrogen and oxygen atoms in total. The van der Waals surface area contributed by atoms with Crippen LogP contribution in [0, 0.1) is 0 Å². The van der Waals surface area contributed by atoms with E-state index in [1.54, 1.807) is 0 Å². The second-order valence-electron chi connectivity index (χ2n) is 5.67. The zero-order chi connectivity index (χ0) is 19.8. The fourth-order valence-electron chi connectivity index (χ4n) is 2.23. The number of ether oxygens (including phenoxy) is 1. The molecule has 3 aromatic rings. The number of carbonyl (C=O) groups excluding carboxylic acids is 3. The van der Waals surface area contributed by atoms with E-state index in [-0.39, 0.29) is 5.69 Å². The first-order valence-corrected chi connectivity index (χ1v) is 9.19. The molecule has 28 heavy (non-hydrogen) atoms. The molecule has 0 fully saturated rings. The van der Waals surface area contributed by atoms with Crippen molar-refractivity contribution in [3.63, 3.8) is 0 Å².